The average Bonchev–Trinajstić information content (AvgIpc) is 2.74. The van der Waals surface area contributed by atoms with Gasteiger partial charge in [0.2, 0.25) is 0 Å². The molecule has 1 heterocycles. The molecule has 3 nitrogen and oxygen atoms in total. The minimum Gasteiger partial charge on any atom is -0.508 e. The molecule has 1 aromatic rings. The molecular formula is C16H26N2O. The maximum atomic E-state index is 9.32. The van der Waals surface area contributed by atoms with Crippen LogP contribution in [0.3, 0.4) is 0 Å². The Hall–Kier alpha value is -1.06. The predicted molar refractivity (Wildman–Crippen MR) is 79.5 cm³/mol. The van der Waals surface area contributed by atoms with Crippen molar-refractivity contribution in [3.05, 3.63) is 29.8 Å². The second-order valence-electron chi connectivity index (χ2n) is 6.18. The first-order chi connectivity index (χ1) is 8.97. The Kier molecular flexibility index (Phi) is 4.48. The van der Waals surface area contributed by atoms with Crippen LogP contribution in [0.25, 0.3) is 0 Å². The normalized spacial score (nSPS) is 25.9. The van der Waals surface area contributed by atoms with Gasteiger partial charge in [-0.15, -0.1) is 0 Å². The molecule has 0 aromatic heterocycles. The van der Waals surface area contributed by atoms with Crippen molar-refractivity contribution in [2.24, 2.45) is 5.92 Å². The van der Waals surface area contributed by atoms with Crippen LogP contribution in [0, 0.1) is 5.92 Å². The van der Waals surface area contributed by atoms with Gasteiger partial charge in [-0.25, -0.2) is 0 Å². The number of nitrogens with zero attached hydrogens (tertiary/aromatic N) is 2. The number of benzene rings is 1. The fourth-order valence-corrected chi connectivity index (χ4v) is 3.12. The summed E-state index contributed by atoms with van der Waals surface area (Å²) in [5.74, 6) is 1.08. The third-order valence-corrected chi connectivity index (χ3v) is 4.36. The van der Waals surface area contributed by atoms with E-state index in [4.69, 9.17) is 0 Å². The minimum atomic E-state index is 0.346. The highest BCUT2D eigenvalue weighted by Crippen LogP contribution is 2.23. The van der Waals surface area contributed by atoms with Gasteiger partial charge in [0, 0.05) is 25.2 Å². The van der Waals surface area contributed by atoms with Gasteiger partial charge in [0.25, 0.3) is 0 Å². The summed E-state index contributed by atoms with van der Waals surface area (Å²) >= 11 is 0. The Morgan fingerprint density at radius 2 is 1.89 bits per heavy atom. The van der Waals surface area contributed by atoms with Gasteiger partial charge in [-0.1, -0.05) is 19.1 Å². The van der Waals surface area contributed by atoms with Gasteiger partial charge >= 0.3 is 0 Å². The largest absolute Gasteiger partial charge is 0.508 e. The molecule has 0 spiro atoms. The molecule has 0 bridgehead atoms. The van der Waals surface area contributed by atoms with Crippen molar-refractivity contribution in [3.63, 3.8) is 0 Å². The molecule has 1 aliphatic heterocycles. The molecule has 1 N–H and O–H groups in total. The van der Waals surface area contributed by atoms with Crippen molar-refractivity contribution in [1.29, 1.82) is 0 Å². The lowest BCUT2D eigenvalue weighted by molar-refractivity contribution is 0.224. The van der Waals surface area contributed by atoms with Crippen molar-refractivity contribution in [1.82, 2.24) is 9.80 Å². The highest BCUT2D eigenvalue weighted by molar-refractivity contribution is 5.26. The van der Waals surface area contributed by atoms with Gasteiger partial charge in [0.05, 0.1) is 0 Å². The van der Waals surface area contributed by atoms with Gasteiger partial charge in [0.15, 0.2) is 0 Å². The lowest BCUT2D eigenvalue weighted by Gasteiger charge is -2.26. The number of phenols is 1. The quantitative estimate of drug-likeness (QED) is 0.901. The number of phenolic OH excluding ortho intramolecular Hbond substituents is 1. The summed E-state index contributed by atoms with van der Waals surface area (Å²) in [5.41, 5.74) is 1.30. The maximum absolute atomic E-state index is 9.32. The Morgan fingerprint density at radius 3 is 2.42 bits per heavy atom. The molecule has 3 unspecified atom stereocenters. The van der Waals surface area contributed by atoms with Crippen LogP contribution in [0.1, 0.15) is 19.4 Å². The zero-order chi connectivity index (χ0) is 14.0. The van der Waals surface area contributed by atoms with E-state index in [1.807, 2.05) is 12.1 Å². The molecule has 1 saturated heterocycles. The first-order valence-electron chi connectivity index (χ1n) is 7.15. The molecule has 106 valence electrons. The van der Waals surface area contributed by atoms with E-state index in [0.29, 0.717) is 17.8 Å². The number of aromatic hydroxyl groups is 1. The van der Waals surface area contributed by atoms with Crippen molar-refractivity contribution in [3.8, 4) is 5.75 Å². The van der Waals surface area contributed by atoms with Crippen LogP contribution in [0.2, 0.25) is 0 Å². The standard InChI is InChI=1S/C16H26N2O/c1-12-10-18(11-16(12)17(3)4)13(2)9-14-5-7-15(19)8-6-14/h5-8,12-13,16,19H,9-11H2,1-4H3. The molecule has 1 fully saturated rings. The number of rotatable bonds is 4. The predicted octanol–water partition coefficient (Wildman–Crippen LogP) is 2.21. The smallest absolute Gasteiger partial charge is 0.115 e. The fourth-order valence-electron chi connectivity index (χ4n) is 3.12. The SMILES string of the molecule is CC1CN(C(C)Cc2ccc(O)cc2)CC1N(C)C. The molecule has 3 atom stereocenters. The first-order valence-corrected chi connectivity index (χ1v) is 7.15. The molecule has 0 saturated carbocycles. The highest BCUT2D eigenvalue weighted by Gasteiger charge is 2.33. The van der Waals surface area contributed by atoms with E-state index >= 15 is 0 Å². The van der Waals surface area contributed by atoms with Crippen molar-refractivity contribution in [2.45, 2.75) is 32.4 Å². The molecule has 0 amide bonds. The average molecular weight is 262 g/mol. The van der Waals surface area contributed by atoms with Crippen molar-refractivity contribution < 1.29 is 5.11 Å². The van der Waals surface area contributed by atoms with Crippen molar-refractivity contribution >= 4 is 0 Å². The molecule has 2 rings (SSSR count). The minimum absolute atomic E-state index is 0.346. The molecule has 0 aliphatic carbocycles. The monoisotopic (exact) mass is 262 g/mol. The third kappa shape index (κ3) is 3.48. The molecule has 0 radical (unpaired) electrons. The van der Waals surface area contributed by atoms with Crippen LogP contribution in [-0.2, 0) is 6.42 Å². The van der Waals surface area contributed by atoms with E-state index in [-0.39, 0.29) is 0 Å². The van der Waals surface area contributed by atoms with Crippen LogP contribution in [-0.4, -0.2) is 54.2 Å². The zero-order valence-corrected chi connectivity index (χ0v) is 12.5. The summed E-state index contributed by atoms with van der Waals surface area (Å²) in [5, 5.41) is 9.32. The molecule has 19 heavy (non-hydrogen) atoms. The number of hydrogen-bond acceptors (Lipinski definition) is 3. The lowest BCUT2D eigenvalue weighted by atomic mass is 10.1. The summed E-state index contributed by atoms with van der Waals surface area (Å²) in [6.07, 6.45) is 1.05. The van der Waals surface area contributed by atoms with Crippen LogP contribution < -0.4 is 0 Å². The van der Waals surface area contributed by atoms with E-state index in [9.17, 15) is 5.11 Å². The van der Waals surface area contributed by atoms with E-state index in [1.54, 1.807) is 12.1 Å². The number of likely N-dealkylation sites (N-methyl/N-ethyl adjacent to an activating group) is 1. The van der Waals surface area contributed by atoms with E-state index in [2.05, 4.69) is 37.7 Å². The Morgan fingerprint density at radius 1 is 1.26 bits per heavy atom. The number of hydrogen-bond donors (Lipinski definition) is 1. The molecular weight excluding hydrogens is 236 g/mol. The van der Waals surface area contributed by atoms with Gasteiger partial charge in [0.1, 0.15) is 5.75 Å². The van der Waals surface area contributed by atoms with Crippen LogP contribution >= 0.6 is 0 Å². The van der Waals surface area contributed by atoms with Gasteiger partial charge < -0.3 is 10.0 Å². The van der Waals surface area contributed by atoms with Crippen LogP contribution in [0.5, 0.6) is 5.75 Å². The Labute approximate surface area is 116 Å². The summed E-state index contributed by atoms with van der Waals surface area (Å²) in [6, 6.07) is 8.82. The molecule has 3 heteroatoms. The van der Waals surface area contributed by atoms with E-state index in [0.717, 1.165) is 18.9 Å². The maximum Gasteiger partial charge on any atom is 0.115 e. The first kappa shape index (κ1) is 14.4. The van der Waals surface area contributed by atoms with Gasteiger partial charge in [-0.3, -0.25) is 4.90 Å². The Balaban J connectivity index is 1.94. The van der Waals surface area contributed by atoms with Gasteiger partial charge in [-0.05, 0) is 51.1 Å². The summed E-state index contributed by atoms with van der Waals surface area (Å²) < 4.78 is 0. The highest BCUT2D eigenvalue weighted by atomic mass is 16.3. The van der Waals surface area contributed by atoms with Gasteiger partial charge in [-0.2, -0.15) is 0 Å². The van der Waals surface area contributed by atoms with Crippen LogP contribution in [0.4, 0.5) is 0 Å². The fraction of sp³-hybridized carbons (Fsp3) is 0.625. The van der Waals surface area contributed by atoms with E-state index in [1.165, 1.54) is 12.1 Å². The number of likely N-dealkylation sites (tertiary alicyclic amines) is 1. The van der Waals surface area contributed by atoms with Crippen LogP contribution in [0.15, 0.2) is 24.3 Å². The summed E-state index contributed by atoms with van der Waals surface area (Å²) in [7, 11) is 4.35. The van der Waals surface area contributed by atoms with Crippen molar-refractivity contribution in [2.75, 3.05) is 27.2 Å². The second kappa shape index (κ2) is 5.93. The zero-order valence-electron chi connectivity index (χ0n) is 12.5. The summed E-state index contributed by atoms with van der Waals surface area (Å²) in [4.78, 5) is 4.93. The molecule has 1 aromatic carbocycles. The van der Waals surface area contributed by atoms with E-state index < -0.39 is 0 Å². The second-order valence-corrected chi connectivity index (χ2v) is 6.18. The molecule has 1 aliphatic rings. The lowest BCUT2D eigenvalue weighted by Crippen LogP contribution is -2.37. The topological polar surface area (TPSA) is 26.7 Å². The third-order valence-electron chi connectivity index (χ3n) is 4.36. The Bertz CT molecular complexity index is 402. The summed E-state index contributed by atoms with van der Waals surface area (Å²) in [6.45, 7) is 6.99.